The van der Waals surface area contributed by atoms with Gasteiger partial charge in [-0.1, -0.05) is 0 Å². The number of hydrogen-bond acceptors (Lipinski definition) is 4. The number of aryl methyl sites for hydroxylation is 1. The Morgan fingerprint density at radius 3 is 3.09 bits per heavy atom. The molecule has 11 heavy (non-hydrogen) atoms. The zero-order valence-corrected chi connectivity index (χ0v) is 6.76. The second kappa shape index (κ2) is 4.10. The van der Waals surface area contributed by atoms with Gasteiger partial charge in [-0.25, -0.2) is 4.98 Å². The van der Waals surface area contributed by atoms with E-state index in [9.17, 15) is 0 Å². The lowest BCUT2D eigenvalue weighted by atomic mass is 10.4. The molecule has 1 aromatic heterocycles. The van der Waals surface area contributed by atoms with Gasteiger partial charge in [0.15, 0.2) is 6.39 Å². The maximum absolute atomic E-state index is 4.99. The Bertz CT molecular complexity index is 210. The number of rotatable bonds is 4. The van der Waals surface area contributed by atoms with Crippen molar-refractivity contribution in [2.75, 3.05) is 6.61 Å². The highest BCUT2D eigenvalue weighted by atomic mass is 16.6. The van der Waals surface area contributed by atoms with Crippen molar-refractivity contribution in [2.24, 2.45) is 0 Å². The van der Waals surface area contributed by atoms with E-state index in [1.807, 2.05) is 13.8 Å². The summed E-state index contributed by atoms with van der Waals surface area (Å²) in [6, 6.07) is 0. The van der Waals surface area contributed by atoms with E-state index >= 15 is 0 Å². The fraction of sp³-hybridized carbons (Fsp3) is 0.571. The van der Waals surface area contributed by atoms with Gasteiger partial charge in [0.1, 0.15) is 5.76 Å². The SMILES string of the molecule is CCONCc1ncoc1C. The Morgan fingerprint density at radius 2 is 2.55 bits per heavy atom. The molecular weight excluding hydrogens is 144 g/mol. The van der Waals surface area contributed by atoms with Crippen LogP contribution in [0, 0.1) is 6.92 Å². The van der Waals surface area contributed by atoms with Crippen LogP contribution >= 0.6 is 0 Å². The molecule has 0 amide bonds. The third-order valence-corrected chi connectivity index (χ3v) is 1.33. The molecule has 4 nitrogen and oxygen atoms in total. The molecule has 62 valence electrons. The van der Waals surface area contributed by atoms with E-state index < -0.39 is 0 Å². The number of nitrogens with zero attached hydrogens (tertiary/aromatic N) is 1. The van der Waals surface area contributed by atoms with E-state index in [0.29, 0.717) is 13.2 Å². The average molecular weight is 156 g/mol. The largest absolute Gasteiger partial charge is 0.448 e. The highest BCUT2D eigenvalue weighted by molar-refractivity contribution is 5.03. The molecule has 0 saturated carbocycles. The third kappa shape index (κ3) is 2.32. The molecule has 0 aliphatic carbocycles. The van der Waals surface area contributed by atoms with Crippen molar-refractivity contribution in [1.29, 1.82) is 0 Å². The molecule has 0 bridgehead atoms. The van der Waals surface area contributed by atoms with Crippen molar-refractivity contribution in [1.82, 2.24) is 10.5 Å². The fourth-order valence-electron chi connectivity index (χ4n) is 0.720. The van der Waals surface area contributed by atoms with Crippen molar-refractivity contribution in [2.45, 2.75) is 20.4 Å². The molecule has 0 radical (unpaired) electrons. The van der Waals surface area contributed by atoms with Gasteiger partial charge in [-0.15, -0.1) is 0 Å². The van der Waals surface area contributed by atoms with Crippen molar-refractivity contribution in [3.05, 3.63) is 17.8 Å². The van der Waals surface area contributed by atoms with E-state index in [1.165, 1.54) is 6.39 Å². The van der Waals surface area contributed by atoms with Gasteiger partial charge in [-0.2, -0.15) is 5.48 Å². The van der Waals surface area contributed by atoms with Crippen molar-refractivity contribution >= 4 is 0 Å². The highest BCUT2D eigenvalue weighted by Gasteiger charge is 2.00. The zero-order chi connectivity index (χ0) is 8.10. The summed E-state index contributed by atoms with van der Waals surface area (Å²) in [6.07, 6.45) is 1.43. The maximum Gasteiger partial charge on any atom is 0.181 e. The summed E-state index contributed by atoms with van der Waals surface area (Å²) in [4.78, 5) is 8.91. The molecule has 1 N–H and O–H groups in total. The lowest BCUT2D eigenvalue weighted by molar-refractivity contribution is 0.0454. The van der Waals surface area contributed by atoms with Crippen molar-refractivity contribution in [3.8, 4) is 0 Å². The minimum absolute atomic E-state index is 0.593. The van der Waals surface area contributed by atoms with Gasteiger partial charge in [0.25, 0.3) is 0 Å². The van der Waals surface area contributed by atoms with Crippen LogP contribution in [0.25, 0.3) is 0 Å². The first-order chi connectivity index (χ1) is 5.34. The van der Waals surface area contributed by atoms with E-state index in [4.69, 9.17) is 9.25 Å². The molecule has 0 aromatic carbocycles. The minimum Gasteiger partial charge on any atom is -0.448 e. The maximum atomic E-state index is 4.99. The Kier molecular flexibility index (Phi) is 3.07. The predicted octanol–water partition coefficient (Wildman–Crippen LogP) is 1.02. The summed E-state index contributed by atoms with van der Waals surface area (Å²) >= 11 is 0. The summed E-state index contributed by atoms with van der Waals surface area (Å²) in [5.74, 6) is 0.831. The van der Waals surface area contributed by atoms with Crippen LogP contribution in [0.1, 0.15) is 18.4 Å². The number of hydroxylamine groups is 1. The molecule has 0 atom stereocenters. The second-order valence-electron chi connectivity index (χ2n) is 2.11. The normalized spacial score (nSPS) is 10.4. The monoisotopic (exact) mass is 156 g/mol. The summed E-state index contributed by atoms with van der Waals surface area (Å²) in [5.41, 5.74) is 3.64. The average Bonchev–Trinajstić information content (AvgIpc) is 2.37. The Labute approximate surface area is 65.5 Å². The zero-order valence-electron chi connectivity index (χ0n) is 6.76. The lowest BCUT2D eigenvalue weighted by Gasteiger charge is -1.99. The van der Waals surface area contributed by atoms with Crippen LogP contribution in [-0.2, 0) is 11.4 Å². The van der Waals surface area contributed by atoms with Crippen LogP contribution in [0.3, 0.4) is 0 Å². The van der Waals surface area contributed by atoms with Crippen LogP contribution in [0.2, 0.25) is 0 Å². The van der Waals surface area contributed by atoms with Gasteiger partial charge in [-0.3, -0.25) is 0 Å². The second-order valence-corrected chi connectivity index (χ2v) is 2.11. The summed E-state index contributed by atoms with van der Waals surface area (Å²) in [7, 11) is 0. The van der Waals surface area contributed by atoms with E-state index in [1.54, 1.807) is 0 Å². The summed E-state index contributed by atoms with van der Waals surface area (Å²) in [6.45, 7) is 5.03. The first kappa shape index (κ1) is 8.23. The number of aromatic nitrogens is 1. The molecule has 0 aliphatic rings. The quantitative estimate of drug-likeness (QED) is 0.522. The Morgan fingerprint density at radius 1 is 1.73 bits per heavy atom. The molecule has 0 aliphatic heterocycles. The smallest absolute Gasteiger partial charge is 0.181 e. The summed E-state index contributed by atoms with van der Waals surface area (Å²) in [5, 5.41) is 0. The van der Waals surface area contributed by atoms with Crippen LogP contribution < -0.4 is 5.48 Å². The molecule has 0 saturated heterocycles. The lowest BCUT2D eigenvalue weighted by Crippen LogP contribution is -2.14. The van der Waals surface area contributed by atoms with Crippen molar-refractivity contribution < 1.29 is 9.25 Å². The molecule has 1 heterocycles. The van der Waals surface area contributed by atoms with Crippen LogP contribution in [-0.4, -0.2) is 11.6 Å². The van der Waals surface area contributed by atoms with E-state index in [2.05, 4.69) is 10.5 Å². The van der Waals surface area contributed by atoms with Crippen LogP contribution in [0.5, 0.6) is 0 Å². The van der Waals surface area contributed by atoms with Gasteiger partial charge < -0.3 is 9.25 Å². The predicted molar refractivity (Wildman–Crippen MR) is 39.7 cm³/mol. The number of nitrogens with one attached hydrogen (secondary N) is 1. The minimum atomic E-state index is 0.593. The van der Waals surface area contributed by atoms with E-state index in [0.717, 1.165) is 11.5 Å². The van der Waals surface area contributed by atoms with Gasteiger partial charge in [-0.05, 0) is 13.8 Å². The Hall–Kier alpha value is -0.870. The fourth-order valence-corrected chi connectivity index (χ4v) is 0.720. The van der Waals surface area contributed by atoms with E-state index in [-0.39, 0.29) is 0 Å². The highest BCUT2D eigenvalue weighted by Crippen LogP contribution is 2.02. The van der Waals surface area contributed by atoms with Gasteiger partial charge in [0.05, 0.1) is 18.8 Å². The molecule has 4 heteroatoms. The molecule has 1 aromatic rings. The van der Waals surface area contributed by atoms with Crippen LogP contribution in [0.15, 0.2) is 10.8 Å². The third-order valence-electron chi connectivity index (χ3n) is 1.33. The van der Waals surface area contributed by atoms with Crippen LogP contribution in [0.4, 0.5) is 0 Å². The first-order valence-electron chi connectivity index (χ1n) is 3.58. The van der Waals surface area contributed by atoms with Crippen molar-refractivity contribution in [3.63, 3.8) is 0 Å². The molecule has 0 fully saturated rings. The number of oxazole rings is 1. The molecular formula is C7H12N2O2. The van der Waals surface area contributed by atoms with Gasteiger partial charge in [0.2, 0.25) is 0 Å². The first-order valence-corrected chi connectivity index (χ1v) is 3.58. The summed E-state index contributed by atoms with van der Waals surface area (Å²) < 4.78 is 4.99. The number of hydrogen-bond donors (Lipinski definition) is 1. The topological polar surface area (TPSA) is 47.3 Å². The molecule has 0 unspecified atom stereocenters. The van der Waals surface area contributed by atoms with Gasteiger partial charge in [0, 0.05) is 0 Å². The molecule has 0 spiro atoms. The standard InChI is InChI=1S/C7H12N2O2/c1-3-11-9-4-7-6(2)10-5-8-7/h5,9H,3-4H2,1-2H3. The Balaban J connectivity index is 2.32. The van der Waals surface area contributed by atoms with Gasteiger partial charge >= 0.3 is 0 Å². The molecule has 1 rings (SSSR count).